The molecule has 0 aliphatic heterocycles. The number of esters is 1. The van der Waals surface area contributed by atoms with Crippen LogP contribution in [-0.4, -0.2) is 27.7 Å². The minimum Gasteiger partial charge on any atom is -0.460 e. The summed E-state index contributed by atoms with van der Waals surface area (Å²) in [5.41, 5.74) is 0.790. The Morgan fingerprint density at radius 3 is 2.78 bits per heavy atom. The van der Waals surface area contributed by atoms with Crippen LogP contribution in [0, 0.1) is 0 Å². The smallest absolute Gasteiger partial charge is 0.381 e. The number of carbonyl (C=O) groups is 2. The van der Waals surface area contributed by atoms with E-state index in [0.29, 0.717) is 11.9 Å². The molecule has 0 N–H and O–H groups in total. The number of nitrogens with zero attached hydrogens (tertiary/aromatic N) is 2. The van der Waals surface area contributed by atoms with E-state index in [2.05, 4.69) is 4.98 Å². The van der Waals surface area contributed by atoms with Crippen molar-refractivity contribution in [2.75, 3.05) is 6.61 Å². The molecule has 5 nitrogen and oxygen atoms in total. The molecular formula is C13H14N2O3. The van der Waals surface area contributed by atoms with E-state index in [9.17, 15) is 9.59 Å². The Hall–Kier alpha value is -2.17. The summed E-state index contributed by atoms with van der Waals surface area (Å²) in [6.45, 7) is 3.78. The van der Waals surface area contributed by atoms with Gasteiger partial charge in [0.25, 0.3) is 5.78 Å². The van der Waals surface area contributed by atoms with Crippen molar-refractivity contribution in [2.24, 2.45) is 0 Å². The third-order valence-electron chi connectivity index (χ3n) is 2.61. The predicted molar refractivity (Wildman–Crippen MR) is 65.5 cm³/mol. The molecule has 94 valence electrons. The average molecular weight is 246 g/mol. The summed E-state index contributed by atoms with van der Waals surface area (Å²) in [7, 11) is 0. The predicted octanol–water partition coefficient (Wildman–Crippen LogP) is 1.64. The fourth-order valence-corrected chi connectivity index (χ4v) is 1.81. The van der Waals surface area contributed by atoms with Crippen LogP contribution in [0.4, 0.5) is 0 Å². The van der Waals surface area contributed by atoms with Crippen molar-refractivity contribution >= 4 is 17.3 Å². The van der Waals surface area contributed by atoms with Crippen LogP contribution < -0.4 is 0 Å². The molecule has 0 fully saturated rings. The zero-order valence-corrected chi connectivity index (χ0v) is 10.3. The molecule has 2 rings (SSSR count). The molecule has 0 spiro atoms. The quantitative estimate of drug-likeness (QED) is 0.467. The molecule has 2 aromatic rings. The molecule has 0 saturated carbocycles. The number of hydrogen-bond acceptors (Lipinski definition) is 4. The Balaban J connectivity index is 2.51. The first-order chi connectivity index (χ1) is 8.69. The summed E-state index contributed by atoms with van der Waals surface area (Å²) in [4.78, 5) is 27.6. The Bertz CT molecular complexity index is 601. The maximum atomic E-state index is 11.9. The number of aromatic nitrogens is 2. The zero-order chi connectivity index (χ0) is 13.1. The molecule has 0 unspecified atom stereocenters. The van der Waals surface area contributed by atoms with Crippen LogP contribution in [0.15, 0.2) is 24.4 Å². The van der Waals surface area contributed by atoms with Gasteiger partial charge in [0.05, 0.1) is 12.1 Å². The molecule has 2 heterocycles. The van der Waals surface area contributed by atoms with E-state index < -0.39 is 11.8 Å². The van der Waals surface area contributed by atoms with Crippen molar-refractivity contribution in [3.05, 3.63) is 35.9 Å². The third-order valence-corrected chi connectivity index (χ3v) is 2.61. The number of rotatable bonds is 4. The second-order valence-corrected chi connectivity index (χ2v) is 3.74. The van der Waals surface area contributed by atoms with Crippen molar-refractivity contribution in [2.45, 2.75) is 20.3 Å². The number of carbonyl (C=O) groups excluding carboxylic acids is 2. The number of fused-ring (bicyclic) bond motifs is 1. The van der Waals surface area contributed by atoms with Crippen LogP contribution >= 0.6 is 0 Å². The van der Waals surface area contributed by atoms with Gasteiger partial charge >= 0.3 is 5.97 Å². The second kappa shape index (κ2) is 5.00. The van der Waals surface area contributed by atoms with Crippen LogP contribution in [0.2, 0.25) is 0 Å². The van der Waals surface area contributed by atoms with Crippen molar-refractivity contribution in [3.63, 3.8) is 0 Å². The summed E-state index contributed by atoms with van der Waals surface area (Å²) in [5.74, 6) is -0.803. The van der Waals surface area contributed by atoms with Gasteiger partial charge in [-0.15, -0.1) is 0 Å². The van der Waals surface area contributed by atoms with E-state index in [1.165, 1.54) is 0 Å². The van der Waals surface area contributed by atoms with Crippen LogP contribution in [0.25, 0.3) is 5.52 Å². The lowest BCUT2D eigenvalue weighted by molar-refractivity contribution is -0.137. The van der Waals surface area contributed by atoms with Gasteiger partial charge < -0.3 is 9.14 Å². The third kappa shape index (κ3) is 1.99. The highest BCUT2D eigenvalue weighted by Gasteiger charge is 2.23. The van der Waals surface area contributed by atoms with Crippen LogP contribution in [0.5, 0.6) is 0 Å². The van der Waals surface area contributed by atoms with Gasteiger partial charge in [0.2, 0.25) is 0 Å². The molecule has 5 heteroatoms. The summed E-state index contributed by atoms with van der Waals surface area (Å²) < 4.78 is 6.52. The lowest BCUT2D eigenvalue weighted by atomic mass is 10.2. The van der Waals surface area contributed by atoms with Crippen LogP contribution in [0.1, 0.15) is 30.2 Å². The first kappa shape index (κ1) is 12.3. The van der Waals surface area contributed by atoms with Crippen molar-refractivity contribution in [1.29, 1.82) is 0 Å². The van der Waals surface area contributed by atoms with E-state index in [-0.39, 0.29) is 12.3 Å². The SMILES string of the molecule is CCOC(=O)C(=O)c1nc(CC)n2ccccc12. The van der Waals surface area contributed by atoms with Gasteiger partial charge in [0, 0.05) is 12.6 Å². The highest BCUT2D eigenvalue weighted by Crippen LogP contribution is 2.14. The van der Waals surface area contributed by atoms with Crippen molar-refractivity contribution < 1.29 is 14.3 Å². The Labute approximate surface area is 104 Å². The minimum absolute atomic E-state index is 0.158. The summed E-state index contributed by atoms with van der Waals surface area (Å²) in [5, 5.41) is 0. The summed E-state index contributed by atoms with van der Waals surface area (Å²) in [6, 6.07) is 5.42. The number of Topliss-reactive ketones (excluding diaryl/α,β-unsaturated/α-hetero) is 1. The molecular weight excluding hydrogens is 232 g/mol. The fraction of sp³-hybridized carbons (Fsp3) is 0.308. The van der Waals surface area contributed by atoms with E-state index in [1.54, 1.807) is 19.1 Å². The molecule has 0 atom stereocenters. The van der Waals surface area contributed by atoms with Gasteiger partial charge in [-0.2, -0.15) is 0 Å². The van der Waals surface area contributed by atoms with Gasteiger partial charge in [0.1, 0.15) is 11.5 Å². The Morgan fingerprint density at radius 1 is 1.33 bits per heavy atom. The molecule has 0 saturated heterocycles. The molecule has 0 bridgehead atoms. The number of pyridine rings is 1. The van der Waals surface area contributed by atoms with Gasteiger partial charge in [0.15, 0.2) is 0 Å². The number of ether oxygens (including phenoxy) is 1. The molecule has 2 aromatic heterocycles. The van der Waals surface area contributed by atoms with Gasteiger partial charge in [-0.1, -0.05) is 13.0 Å². The highest BCUT2D eigenvalue weighted by atomic mass is 16.5. The van der Waals surface area contributed by atoms with Crippen LogP contribution in [0.3, 0.4) is 0 Å². The molecule has 0 aromatic carbocycles. The normalized spacial score (nSPS) is 10.6. The summed E-state index contributed by atoms with van der Waals surface area (Å²) in [6.07, 6.45) is 2.50. The fourth-order valence-electron chi connectivity index (χ4n) is 1.81. The highest BCUT2D eigenvalue weighted by molar-refractivity contribution is 6.41. The first-order valence-electron chi connectivity index (χ1n) is 5.86. The summed E-state index contributed by atoms with van der Waals surface area (Å²) >= 11 is 0. The second-order valence-electron chi connectivity index (χ2n) is 3.74. The van der Waals surface area contributed by atoms with Crippen molar-refractivity contribution in [1.82, 2.24) is 9.38 Å². The van der Waals surface area contributed by atoms with Crippen molar-refractivity contribution in [3.8, 4) is 0 Å². The van der Waals surface area contributed by atoms with E-state index in [1.807, 2.05) is 23.6 Å². The number of imidazole rings is 1. The Morgan fingerprint density at radius 2 is 2.11 bits per heavy atom. The monoisotopic (exact) mass is 246 g/mol. The first-order valence-corrected chi connectivity index (χ1v) is 5.86. The lowest BCUT2D eigenvalue weighted by Gasteiger charge is -1.98. The van der Waals surface area contributed by atoms with Gasteiger partial charge in [-0.25, -0.2) is 9.78 Å². The molecule has 0 radical (unpaired) electrons. The van der Waals surface area contributed by atoms with E-state index >= 15 is 0 Å². The van der Waals surface area contributed by atoms with Crippen LogP contribution in [-0.2, 0) is 16.0 Å². The Kier molecular flexibility index (Phi) is 3.41. The topological polar surface area (TPSA) is 60.7 Å². The number of aryl methyl sites for hydroxylation is 1. The largest absolute Gasteiger partial charge is 0.460 e. The van der Waals surface area contributed by atoms with E-state index in [0.717, 1.165) is 5.82 Å². The lowest BCUT2D eigenvalue weighted by Crippen LogP contribution is -2.18. The number of ketones is 1. The molecule has 0 aliphatic rings. The standard InChI is InChI=1S/C13H14N2O3/c1-3-10-14-11(12(16)13(17)18-4-2)9-7-5-6-8-15(9)10/h5-8H,3-4H2,1-2H3. The maximum Gasteiger partial charge on any atom is 0.381 e. The zero-order valence-electron chi connectivity index (χ0n) is 10.3. The molecule has 18 heavy (non-hydrogen) atoms. The average Bonchev–Trinajstić information content (AvgIpc) is 2.77. The van der Waals surface area contributed by atoms with E-state index in [4.69, 9.17) is 4.74 Å². The van der Waals surface area contributed by atoms with Gasteiger partial charge in [-0.05, 0) is 19.1 Å². The molecule has 0 amide bonds. The van der Waals surface area contributed by atoms with Gasteiger partial charge in [-0.3, -0.25) is 4.79 Å². The maximum absolute atomic E-state index is 11.9. The molecule has 0 aliphatic carbocycles. The minimum atomic E-state index is -0.857. The number of hydrogen-bond donors (Lipinski definition) is 0.